The minimum atomic E-state index is 0.173. The van der Waals surface area contributed by atoms with Crippen LogP contribution in [0.2, 0.25) is 0 Å². The van der Waals surface area contributed by atoms with Gasteiger partial charge >= 0.3 is 0 Å². The van der Waals surface area contributed by atoms with E-state index in [9.17, 15) is 4.79 Å². The molecule has 0 radical (unpaired) electrons. The Morgan fingerprint density at radius 1 is 1.04 bits per heavy atom. The van der Waals surface area contributed by atoms with Crippen LogP contribution in [0.3, 0.4) is 0 Å². The van der Waals surface area contributed by atoms with E-state index in [4.69, 9.17) is 4.52 Å². The third-order valence-corrected chi connectivity index (χ3v) is 4.94. The van der Waals surface area contributed by atoms with Crippen molar-refractivity contribution >= 4 is 11.6 Å². The van der Waals surface area contributed by atoms with Crippen LogP contribution in [0.5, 0.6) is 0 Å². The second-order valence-electron chi connectivity index (χ2n) is 6.86. The largest absolute Gasteiger partial charge is 0.339 e. The molecule has 0 atom stereocenters. The van der Waals surface area contributed by atoms with Crippen LogP contribution in [0.15, 0.2) is 59.1 Å². The molecule has 5 heteroatoms. The lowest BCUT2D eigenvalue weighted by molar-refractivity contribution is -0.118. The van der Waals surface area contributed by atoms with Gasteiger partial charge in [-0.3, -0.25) is 4.79 Å². The van der Waals surface area contributed by atoms with E-state index in [-0.39, 0.29) is 5.91 Å². The molecular formula is C22H23N3O2. The van der Waals surface area contributed by atoms with Gasteiger partial charge in [-0.1, -0.05) is 53.7 Å². The Morgan fingerprint density at radius 3 is 2.74 bits per heavy atom. The molecular weight excluding hydrogens is 338 g/mol. The second-order valence-corrected chi connectivity index (χ2v) is 6.86. The monoisotopic (exact) mass is 361 g/mol. The maximum Gasteiger partial charge on any atom is 0.226 e. The molecule has 138 valence electrons. The summed E-state index contributed by atoms with van der Waals surface area (Å²) in [5.74, 6) is 1.35. The number of carbonyl (C=O) groups is 1. The lowest BCUT2D eigenvalue weighted by atomic mass is 10.1. The van der Waals surface area contributed by atoms with Crippen LogP contribution in [-0.2, 0) is 17.6 Å². The Bertz CT molecular complexity index is 905. The van der Waals surface area contributed by atoms with Crippen LogP contribution in [0, 0.1) is 0 Å². The minimum Gasteiger partial charge on any atom is -0.339 e. The first-order valence-corrected chi connectivity index (χ1v) is 9.57. The third-order valence-electron chi connectivity index (χ3n) is 4.94. The number of rotatable bonds is 5. The Morgan fingerprint density at radius 2 is 1.85 bits per heavy atom. The summed E-state index contributed by atoms with van der Waals surface area (Å²) in [6.45, 7) is 0.800. The molecule has 0 N–H and O–H groups in total. The van der Waals surface area contributed by atoms with E-state index < -0.39 is 0 Å². The van der Waals surface area contributed by atoms with Crippen molar-refractivity contribution in [3.8, 4) is 11.4 Å². The lowest BCUT2D eigenvalue weighted by Crippen LogP contribution is -2.31. The molecule has 3 aromatic rings. The smallest absolute Gasteiger partial charge is 0.226 e. The van der Waals surface area contributed by atoms with Crippen molar-refractivity contribution in [2.75, 3.05) is 11.4 Å². The van der Waals surface area contributed by atoms with Crippen LogP contribution in [0.1, 0.15) is 37.1 Å². The van der Waals surface area contributed by atoms with Crippen LogP contribution in [0.4, 0.5) is 5.69 Å². The number of nitrogens with zero attached hydrogens (tertiary/aromatic N) is 3. The molecule has 0 bridgehead atoms. The number of hydrogen-bond acceptors (Lipinski definition) is 4. The fraction of sp³-hybridized carbons (Fsp3) is 0.318. The Balaban J connectivity index is 1.36. The van der Waals surface area contributed by atoms with Crippen molar-refractivity contribution in [2.24, 2.45) is 0 Å². The lowest BCUT2D eigenvalue weighted by Gasteiger charge is -2.22. The molecule has 27 heavy (non-hydrogen) atoms. The van der Waals surface area contributed by atoms with Crippen LogP contribution in [0.25, 0.3) is 11.4 Å². The van der Waals surface area contributed by atoms with E-state index in [0.717, 1.165) is 37.1 Å². The summed E-state index contributed by atoms with van der Waals surface area (Å²) in [5.41, 5.74) is 3.28. The quantitative estimate of drug-likeness (QED) is 0.674. The van der Waals surface area contributed by atoms with Crippen molar-refractivity contribution in [3.05, 3.63) is 66.1 Å². The molecule has 2 aromatic carbocycles. The highest BCUT2D eigenvalue weighted by molar-refractivity contribution is 5.94. The first-order valence-electron chi connectivity index (χ1n) is 9.57. The Labute approximate surface area is 159 Å². The molecule has 1 aliphatic heterocycles. The summed E-state index contributed by atoms with van der Waals surface area (Å²) >= 11 is 0. The molecule has 0 aliphatic carbocycles. The zero-order valence-electron chi connectivity index (χ0n) is 15.3. The zero-order chi connectivity index (χ0) is 18.5. The molecule has 5 nitrogen and oxygen atoms in total. The first kappa shape index (κ1) is 17.5. The van der Waals surface area contributed by atoms with Gasteiger partial charge in [-0.05, 0) is 37.3 Å². The summed E-state index contributed by atoms with van der Waals surface area (Å²) in [7, 11) is 0. The molecule has 0 saturated heterocycles. The fourth-order valence-electron chi connectivity index (χ4n) is 3.54. The van der Waals surface area contributed by atoms with E-state index in [1.165, 1.54) is 5.56 Å². The molecule has 1 aliphatic rings. The molecule has 0 unspecified atom stereocenters. The number of carbonyl (C=O) groups excluding carboxylic acids is 1. The number of hydrogen-bond donors (Lipinski definition) is 0. The summed E-state index contributed by atoms with van der Waals surface area (Å²) < 4.78 is 5.34. The van der Waals surface area contributed by atoms with E-state index in [1.54, 1.807) is 0 Å². The van der Waals surface area contributed by atoms with Gasteiger partial charge in [0.2, 0.25) is 17.6 Å². The van der Waals surface area contributed by atoms with E-state index in [2.05, 4.69) is 22.3 Å². The molecule has 0 saturated carbocycles. The number of anilines is 1. The number of fused-ring (bicyclic) bond motifs is 1. The van der Waals surface area contributed by atoms with Crippen molar-refractivity contribution in [1.82, 2.24) is 10.1 Å². The predicted octanol–water partition coefficient (Wildman–Crippen LogP) is 4.43. The van der Waals surface area contributed by atoms with Gasteiger partial charge < -0.3 is 9.42 Å². The SMILES string of the molecule is O=C(CCCc1nc(-c2ccccc2)no1)N1CCCCc2ccccc21. The van der Waals surface area contributed by atoms with Crippen molar-refractivity contribution in [3.63, 3.8) is 0 Å². The van der Waals surface area contributed by atoms with Crippen LogP contribution >= 0.6 is 0 Å². The molecule has 1 aromatic heterocycles. The highest BCUT2D eigenvalue weighted by atomic mass is 16.5. The number of amides is 1. The number of benzene rings is 2. The first-order chi connectivity index (χ1) is 13.3. The summed E-state index contributed by atoms with van der Waals surface area (Å²) in [6.07, 6.45) is 5.02. The van der Waals surface area contributed by atoms with Gasteiger partial charge in [0.25, 0.3) is 0 Å². The molecule has 0 spiro atoms. The topological polar surface area (TPSA) is 59.2 Å². The van der Waals surface area contributed by atoms with Gasteiger partial charge in [0.05, 0.1) is 0 Å². The normalized spacial score (nSPS) is 13.9. The van der Waals surface area contributed by atoms with Crippen molar-refractivity contribution < 1.29 is 9.32 Å². The molecule has 1 amide bonds. The molecule has 4 rings (SSSR count). The number of aryl methyl sites for hydroxylation is 2. The highest BCUT2D eigenvalue weighted by Gasteiger charge is 2.20. The summed E-state index contributed by atoms with van der Waals surface area (Å²) in [4.78, 5) is 19.2. The van der Waals surface area contributed by atoms with Crippen molar-refractivity contribution in [1.29, 1.82) is 0 Å². The van der Waals surface area contributed by atoms with Gasteiger partial charge in [0, 0.05) is 30.6 Å². The molecule has 0 fully saturated rings. The predicted molar refractivity (Wildman–Crippen MR) is 104 cm³/mol. The van der Waals surface area contributed by atoms with Crippen LogP contribution < -0.4 is 4.90 Å². The second kappa shape index (κ2) is 8.16. The average Bonchev–Trinajstić information content (AvgIpc) is 3.07. The number of para-hydroxylation sites is 1. The standard InChI is InChI=1S/C22H23N3O2/c26-21(25-16-7-6-10-17-9-4-5-13-19(17)25)15-8-14-20-23-22(24-27-20)18-11-2-1-3-12-18/h1-5,9,11-13H,6-8,10,14-16H2. The molecule has 2 heterocycles. The third kappa shape index (κ3) is 4.08. The minimum absolute atomic E-state index is 0.173. The number of aromatic nitrogens is 2. The van der Waals surface area contributed by atoms with E-state index in [1.807, 2.05) is 47.4 Å². The van der Waals surface area contributed by atoms with Gasteiger partial charge in [0.15, 0.2) is 0 Å². The van der Waals surface area contributed by atoms with E-state index in [0.29, 0.717) is 31.0 Å². The average molecular weight is 361 g/mol. The van der Waals surface area contributed by atoms with Crippen LogP contribution in [-0.4, -0.2) is 22.6 Å². The van der Waals surface area contributed by atoms with Gasteiger partial charge in [-0.2, -0.15) is 4.98 Å². The Kier molecular flexibility index (Phi) is 5.28. The zero-order valence-corrected chi connectivity index (χ0v) is 15.3. The maximum atomic E-state index is 12.8. The van der Waals surface area contributed by atoms with Gasteiger partial charge in [0.1, 0.15) is 0 Å². The highest BCUT2D eigenvalue weighted by Crippen LogP contribution is 2.27. The maximum absolute atomic E-state index is 12.8. The fourth-order valence-corrected chi connectivity index (χ4v) is 3.54. The summed E-state index contributed by atoms with van der Waals surface area (Å²) in [5, 5.41) is 4.03. The van der Waals surface area contributed by atoms with Gasteiger partial charge in [-0.15, -0.1) is 0 Å². The van der Waals surface area contributed by atoms with Gasteiger partial charge in [-0.25, -0.2) is 0 Å². The van der Waals surface area contributed by atoms with E-state index >= 15 is 0 Å². The Hall–Kier alpha value is -2.95. The summed E-state index contributed by atoms with van der Waals surface area (Å²) in [6, 6.07) is 18.0. The van der Waals surface area contributed by atoms with Crippen molar-refractivity contribution in [2.45, 2.75) is 38.5 Å².